The predicted octanol–water partition coefficient (Wildman–Crippen LogP) is 3.58. The number of amides is 1. The third-order valence-corrected chi connectivity index (χ3v) is 5.91. The molecule has 0 atom stereocenters. The van der Waals surface area contributed by atoms with Crippen molar-refractivity contribution in [3.05, 3.63) is 35.9 Å². The lowest BCUT2D eigenvalue weighted by Gasteiger charge is -2.32. The fraction of sp³-hybridized carbons (Fsp3) is 0.636. The van der Waals surface area contributed by atoms with Crippen molar-refractivity contribution >= 4 is 35.8 Å². The van der Waals surface area contributed by atoms with E-state index in [1.165, 1.54) is 37.7 Å². The van der Waals surface area contributed by atoms with E-state index < -0.39 is 0 Å². The van der Waals surface area contributed by atoms with Gasteiger partial charge in [0.05, 0.1) is 6.54 Å². The van der Waals surface area contributed by atoms with Gasteiger partial charge < -0.3 is 15.5 Å². The molecule has 0 radical (unpaired) electrons. The number of nitrogens with one attached hydrogen (secondary N) is 2. The largest absolute Gasteiger partial charge is 0.354 e. The summed E-state index contributed by atoms with van der Waals surface area (Å²) in [6, 6.07) is 11.2. The molecule has 5 nitrogen and oxygen atoms in total. The first-order valence-corrected chi connectivity index (χ1v) is 10.5. The number of nitrogens with zero attached hydrogens (tertiary/aromatic N) is 2. The molecule has 1 aliphatic carbocycles. The number of halogens is 1. The second kappa shape index (κ2) is 12.3. The number of guanidine groups is 1. The lowest BCUT2D eigenvalue weighted by atomic mass is 9.90. The number of hydrogen-bond acceptors (Lipinski definition) is 2. The van der Waals surface area contributed by atoms with Crippen LogP contribution in [0, 0.1) is 5.92 Å². The van der Waals surface area contributed by atoms with Crippen molar-refractivity contribution in [2.75, 3.05) is 26.7 Å². The van der Waals surface area contributed by atoms with Crippen molar-refractivity contribution in [2.45, 2.75) is 57.4 Å². The molecule has 1 aliphatic heterocycles. The van der Waals surface area contributed by atoms with Gasteiger partial charge in [-0.15, -0.1) is 24.0 Å². The van der Waals surface area contributed by atoms with E-state index in [-0.39, 0.29) is 29.9 Å². The van der Waals surface area contributed by atoms with Crippen molar-refractivity contribution in [3.8, 4) is 0 Å². The van der Waals surface area contributed by atoms with Gasteiger partial charge in [0, 0.05) is 26.2 Å². The van der Waals surface area contributed by atoms with Gasteiger partial charge >= 0.3 is 0 Å². The van der Waals surface area contributed by atoms with Gasteiger partial charge in [0.25, 0.3) is 0 Å². The van der Waals surface area contributed by atoms with Crippen LogP contribution < -0.4 is 10.6 Å². The normalized spacial score (nSPS) is 19.0. The Morgan fingerprint density at radius 1 is 1.07 bits per heavy atom. The summed E-state index contributed by atoms with van der Waals surface area (Å²) in [4.78, 5) is 18.8. The molecule has 28 heavy (non-hydrogen) atoms. The number of likely N-dealkylation sites (tertiary alicyclic amines) is 1. The number of carbonyl (C=O) groups excluding carboxylic acids is 1. The Balaban J connectivity index is 0.00000280. The molecule has 1 saturated heterocycles. The van der Waals surface area contributed by atoms with Crippen molar-refractivity contribution in [1.82, 2.24) is 15.5 Å². The summed E-state index contributed by atoms with van der Waals surface area (Å²) < 4.78 is 0. The highest BCUT2D eigenvalue weighted by Crippen LogP contribution is 2.21. The summed E-state index contributed by atoms with van der Waals surface area (Å²) in [5, 5.41) is 6.68. The average Bonchev–Trinajstić information content (AvgIpc) is 2.73. The Labute approximate surface area is 186 Å². The molecule has 0 unspecified atom stereocenters. The van der Waals surface area contributed by atoms with E-state index in [1.54, 1.807) is 7.05 Å². The smallest absolute Gasteiger partial charge is 0.241 e. The maximum atomic E-state index is 12.6. The van der Waals surface area contributed by atoms with Crippen LogP contribution in [-0.4, -0.2) is 49.5 Å². The van der Waals surface area contributed by atoms with Crippen LogP contribution in [-0.2, 0) is 11.2 Å². The summed E-state index contributed by atoms with van der Waals surface area (Å²) in [5.41, 5.74) is 1.40. The number of aliphatic imine (C=N–C) groups is 1. The fourth-order valence-corrected chi connectivity index (χ4v) is 4.24. The second-order valence-electron chi connectivity index (χ2n) is 7.92. The fourth-order valence-electron chi connectivity index (χ4n) is 4.24. The third kappa shape index (κ3) is 7.26. The highest BCUT2D eigenvalue weighted by atomic mass is 127. The van der Waals surface area contributed by atoms with Crippen LogP contribution in [0.2, 0.25) is 0 Å². The molecule has 0 spiro atoms. The van der Waals surface area contributed by atoms with E-state index in [0.717, 1.165) is 38.3 Å². The minimum atomic E-state index is 0. The monoisotopic (exact) mass is 498 g/mol. The molecule has 3 rings (SSSR count). The minimum absolute atomic E-state index is 0. The molecule has 2 fully saturated rings. The van der Waals surface area contributed by atoms with Crippen LogP contribution >= 0.6 is 24.0 Å². The first-order chi connectivity index (χ1) is 13.2. The first-order valence-electron chi connectivity index (χ1n) is 10.5. The van der Waals surface area contributed by atoms with Gasteiger partial charge in [-0.05, 0) is 43.6 Å². The topological polar surface area (TPSA) is 56.7 Å². The highest BCUT2D eigenvalue weighted by molar-refractivity contribution is 14.0. The van der Waals surface area contributed by atoms with Crippen molar-refractivity contribution in [1.29, 1.82) is 0 Å². The van der Waals surface area contributed by atoms with Gasteiger partial charge in [0.2, 0.25) is 5.91 Å². The number of rotatable bonds is 5. The Kier molecular flexibility index (Phi) is 10.1. The third-order valence-electron chi connectivity index (χ3n) is 5.91. The molecular weight excluding hydrogens is 463 g/mol. The summed E-state index contributed by atoms with van der Waals surface area (Å²) in [5.74, 6) is 1.62. The Morgan fingerprint density at radius 3 is 2.39 bits per heavy atom. The van der Waals surface area contributed by atoms with Crippen LogP contribution in [0.15, 0.2) is 35.3 Å². The van der Waals surface area contributed by atoms with E-state index in [9.17, 15) is 4.79 Å². The standard InChI is InChI=1S/C22H34N4O.HI/c1-23-22(25-20-10-6-3-7-11-20)24-17-21(27)26-14-12-19(13-15-26)16-18-8-4-2-5-9-18;/h2,4-5,8-9,19-20H,3,6-7,10-17H2,1H3,(H2,23,24,25);1H. The van der Waals surface area contributed by atoms with Crippen molar-refractivity contribution in [2.24, 2.45) is 10.9 Å². The van der Waals surface area contributed by atoms with Crippen LogP contribution in [0.5, 0.6) is 0 Å². The summed E-state index contributed by atoms with van der Waals surface area (Å²) >= 11 is 0. The lowest BCUT2D eigenvalue weighted by Crippen LogP contribution is -2.49. The Hall–Kier alpha value is -1.31. The number of benzene rings is 1. The summed E-state index contributed by atoms with van der Waals surface area (Å²) in [6.07, 6.45) is 9.61. The molecule has 0 bridgehead atoms. The first kappa shape index (κ1) is 23.0. The number of carbonyl (C=O) groups is 1. The molecule has 1 amide bonds. The van der Waals surface area contributed by atoms with Gasteiger partial charge in [0.1, 0.15) is 0 Å². The zero-order valence-corrected chi connectivity index (χ0v) is 19.4. The van der Waals surface area contributed by atoms with Gasteiger partial charge in [0.15, 0.2) is 5.96 Å². The maximum absolute atomic E-state index is 12.6. The lowest BCUT2D eigenvalue weighted by molar-refractivity contribution is -0.131. The molecule has 1 aromatic carbocycles. The molecule has 0 aromatic heterocycles. The SMILES string of the molecule is CN=C(NCC(=O)N1CCC(Cc2ccccc2)CC1)NC1CCCCC1.I. The van der Waals surface area contributed by atoms with Crippen LogP contribution in [0.1, 0.15) is 50.5 Å². The van der Waals surface area contributed by atoms with Crippen molar-refractivity contribution < 1.29 is 4.79 Å². The molecule has 1 aromatic rings. The van der Waals surface area contributed by atoms with E-state index in [4.69, 9.17) is 0 Å². The summed E-state index contributed by atoms with van der Waals surface area (Å²) in [6.45, 7) is 2.06. The molecule has 156 valence electrons. The van der Waals surface area contributed by atoms with Gasteiger partial charge in [-0.25, -0.2) is 0 Å². The molecule has 2 N–H and O–H groups in total. The zero-order valence-electron chi connectivity index (χ0n) is 17.0. The summed E-state index contributed by atoms with van der Waals surface area (Å²) in [7, 11) is 1.78. The average molecular weight is 498 g/mol. The molecule has 6 heteroatoms. The van der Waals surface area contributed by atoms with Crippen LogP contribution in [0.3, 0.4) is 0 Å². The number of piperidine rings is 1. The zero-order chi connectivity index (χ0) is 18.9. The van der Waals surface area contributed by atoms with Crippen LogP contribution in [0.4, 0.5) is 0 Å². The molecule has 2 aliphatic rings. The van der Waals surface area contributed by atoms with Gasteiger partial charge in [-0.1, -0.05) is 49.6 Å². The Bertz CT molecular complexity index is 608. The predicted molar refractivity (Wildman–Crippen MR) is 126 cm³/mol. The van der Waals surface area contributed by atoms with E-state index in [0.29, 0.717) is 18.5 Å². The van der Waals surface area contributed by atoms with Crippen LogP contribution in [0.25, 0.3) is 0 Å². The quantitative estimate of drug-likeness (QED) is 0.371. The maximum Gasteiger partial charge on any atom is 0.241 e. The van der Waals surface area contributed by atoms with E-state index >= 15 is 0 Å². The van der Waals surface area contributed by atoms with Gasteiger partial charge in [-0.3, -0.25) is 9.79 Å². The molecular formula is C22H35IN4O. The Morgan fingerprint density at radius 2 is 1.75 bits per heavy atom. The van der Waals surface area contributed by atoms with E-state index in [2.05, 4.69) is 46.0 Å². The number of hydrogen-bond donors (Lipinski definition) is 2. The van der Waals surface area contributed by atoms with E-state index in [1.807, 2.05) is 4.90 Å². The van der Waals surface area contributed by atoms with Gasteiger partial charge in [-0.2, -0.15) is 0 Å². The van der Waals surface area contributed by atoms with Crippen molar-refractivity contribution in [3.63, 3.8) is 0 Å². The molecule has 1 heterocycles. The highest BCUT2D eigenvalue weighted by Gasteiger charge is 2.23. The molecule has 1 saturated carbocycles. The minimum Gasteiger partial charge on any atom is -0.354 e. The second-order valence-corrected chi connectivity index (χ2v) is 7.92.